The van der Waals surface area contributed by atoms with Crippen molar-refractivity contribution in [2.45, 2.75) is 31.0 Å². The molecule has 1 aliphatic rings. The van der Waals surface area contributed by atoms with Crippen molar-refractivity contribution in [3.63, 3.8) is 0 Å². The highest BCUT2D eigenvalue weighted by Gasteiger charge is 2.23. The number of hydrogen-bond donors (Lipinski definition) is 0. The van der Waals surface area contributed by atoms with E-state index in [9.17, 15) is 13.2 Å². The minimum atomic E-state index is -3.61. The van der Waals surface area contributed by atoms with Crippen molar-refractivity contribution >= 4 is 26.6 Å². The average Bonchev–Trinajstić information content (AvgIpc) is 2.96. The van der Waals surface area contributed by atoms with Crippen LogP contribution in [-0.4, -0.2) is 61.9 Å². The summed E-state index contributed by atoms with van der Waals surface area (Å²) in [5.41, 5.74) is 2.87. The molecule has 208 valence electrons. The maximum Gasteiger partial charge on any atom is 0.253 e. The number of nitrogens with zero attached hydrogens (tertiary/aromatic N) is 3. The predicted octanol–water partition coefficient (Wildman–Crippen LogP) is 5.20. The Morgan fingerprint density at radius 2 is 1.62 bits per heavy atom. The largest absolute Gasteiger partial charge is 0.493 e. The second-order valence-electron chi connectivity index (χ2n) is 10.7. The Kier molecular flexibility index (Phi) is 8.47. The van der Waals surface area contributed by atoms with E-state index in [1.807, 2.05) is 29.2 Å². The van der Waals surface area contributed by atoms with E-state index in [1.54, 1.807) is 48.7 Å². The fraction of sp³-hybridized carbons (Fsp3) is 0.312. The van der Waals surface area contributed by atoms with E-state index in [0.717, 1.165) is 30.8 Å². The average molecular weight is 558 g/mol. The van der Waals surface area contributed by atoms with Crippen molar-refractivity contribution in [1.29, 1.82) is 0 Å². The van der Waals surface area contributed by atoms with Gasteiger partial charge in [-0.05, 0) is 53.4 Å². The van der Waals surface area contributed by atoms with Crippen LogP contribution in [0.15, 0.2) is 90.0 Å². The Balaban J connectivity index is 1.17. The molecule has 1 aromatic heterocycles. The standard InChI is InChI=1S/C32H35N3O4S/c1-24(2)22-39-29-9-3-6-26(20-29)21-34-16-18-35(19-17-34)32(36)28-13-11-25(12-14-28)23-40(37,38)30-10-4-7-27-8-5-15-33-31(27)30/h3-15,20,24H,16-19,21-23H2,1-2H3. The summed E-state index contributed by atoms with van der Waals surface area (Å²) < 4.78 is 32.3. The molecule has 0 saturated carbocycles. The third-order valence-electron chi connectivity index (χ3n) is 7.04. The van der Waals surface area contributed by atoms with Gasteiger partial charge in [0, 0.05) is 49.9 Å². The van der Waals surface area contributed by atoms with Gasteiger partial charge in [0.2, 0.25) is 0 Å². The van der Waals surface area contributed by atoms with Crippen LogP contribution in [0.1, 0.15) is 35.3 Å². The smallest absolute Gasteiger partial charge is 0.253 e. The number of piperazine rings is 1. The van der Waals surface area contributed by atoms with Crippen LogP contribution in [0.3, 0.4) is 0 Å². The number of sulfone groups is 1. The molecule has 7 nitrogen and oxygen atoms in total. The van der Waals surface area contributed by atoms with Crippen LogP contribution in [0.2, 0.25) is 0 Å². The van der Waals surface area contributed by atoms with Gasteiger partial charge in [0.15, 0.2) is 9.84 Å². The summed E-state index contributed by atoms with van der Waals surface area (Å²) in [6.45, 7) is 8.65. The van der Waals surface area contributed by atoms with E-state index in [-0.39, 0.29) is 16.6 Å². The summed E-state index contributed by atoms with van der Waals surface area (Å²) in [4.78, 5) is 21.9. The van der Waals surface area contributed by atoms with Crippen molar-refractivity contribution in [3.8, 4) is 5.75 Å². The number of aromatic nitrogens is 1. The first-order valence-electron chi connectivity index (χ1n) is 13.7. The molecule has 8 heteroatoms. The molecule has 5 rings (SSSR count). The highest BCUT2D eigenvalue weighted by Crippen LogP contribution is 2.24. The second kappa shape index (κ2) is 12.2. The molecule has 0 unspecified atom stereocenters. The molecule has 0 spiro atoms. The van der Waals surface area contributed by atoms with Gasteiger partial charge in [0.1, 0.15) is 5.75 Å². The molecule has 0 radical (unpaired) electrons. The van der Waals surface area contributed by atoms with E-state index >= 15 is 0 Å². The molecule has 2 heterocycles. The van der Waals surface area contributed by atoms with Gasteiger partial charge < -0.3 is 9.64 Å². The van der Waals surface area contributed by atoms with Crippen molar-refractivity contribution in [1.82, 2.24) is 14.8 Å². The number of pyridine rings is 1. The van der Waals surface area contributed by atoms with Gasteiger partial charge in [-0.15, -0.1) is 0 Å². The summed E-state index contributed by atoms with van der Waals surface area (Å²) in [7, 11) is -3.61. The zero-order chi connectivity index (χ0) is 28.1. The first-order chi connectivity index (χ1) is 19.3. The molecule has 0 bridgehead atoms. The van der Waals surface area contributed by atoms with Crippen LogP contribution in [0.25, 0.3) is 10.9 Å². The molecule has 1 amide bonds. The fourth-order valence-corrected chi connectivity index (χ4v) is 6.45. The van der Waals surface area contributed by atoms with Crippen molar-refractivity contribution < 1.29 is 17.9 Å². The number of benzene rings is 3. The summed E-state index contributed by atoms with van der Waals surface area (Å²) in [5, 5.41) is 0.786. The van der Waals surface area contributed by atoms with Crippen molar-refractivity contribution in [2.75, 3.05) is 32.8 Å². The van der Waals surface area contributed by atoms with Gasteiger partial charge in [-0.2, -0.15) is 0 Å². The lowest BCUT2D eigenvalue weighted by molar-refractivity contribution is 0.0628. The SMILES string of the molecule is CC(C)COc1cccc(CN2CCN(C(=O)c3ccc(CS(=O)(=O)c4cccc5cccnc45)cc3)CC2)c1. The minimum absolute atomic E-state index is 0.0311. The van der Waals surface area contributed by atoms with Gasteiger partial charge in [-0.25, -0.2) is 8.42 Å². The van der Waals surface area contributed by atoms with Crippen molar-refractivity contribution in [2.24, 2.45) is 5.92 Å². The third kappa shape index (κ3) is 6.69. The van der Waals surface area contributed by atoms with Crippen LogP contribution in [0.4, 0.5) is 0 Å². The third-order valence-corrected chi connectivity index (χ3v) is 8.75. The lowest BCUT2D eigenvalue weighted by Crippen LogP contribution is -2.48. The summed E-state index contributed by atoms with van der Waals surface area (Å²) in [5.74, 6) is 1.19. The maximum atomic E-state index is 13.2. The monoisotopic (exact) mass is 557 g/mol. The van der Waals surface area contributed by atoms with Crippen LogP contribution in [0.5, 0.6) is 5.75 Å². The summed E-state index contributed by atoms with van der Waals surface area (Å²) >= 11 is 0. The predicted molar refractivity (Wildman–Crippen MR) is 157 cm³/mol. The second-order valence-corrected chi connectivity index (χ2v) is 12.7. The molecule has 4 aromatic rings. The van der Waals surface area contributed by atoms with Gasteiger partial charge in [0.05, 0.1) is 22.8 Å². The van der Waals surface area contributed by atoms with Crippen LogP contribution < -0.4 is 4.74 Å². The quantitative estimate of drug-likeness (QED) is 0.281. The van der Waals surface area contributed by atoms with Crippen LogP contribution >= 0.6 is 0 Å². The number of rotatable bonds is 9. The topological polar surface area (TPSA) is 79.8 Å². The Morgan fingerprint density at radius 1 is 0.900 bits per heavy atom. The normalized spacial score (nSPS) is 14.5. The van der Waals surface area contributed by atoms with Crippen LogP contribution in [-0.2, 0) is 22.1 Å². The van der Waals surface area contributed by atoms with Crippen molar-refractivity contribution in [3.05, 3.63) is 102 Å². The van der Waals surface area contributed by atoms with Gasteiger partial charge >= 0.3 is 0 Å². The fourth-order valence-electron chi connectivity index (χ4n) is 4.91. The van der Waals surface area contributed by atoms with E-state index in [4.69, 9.17) is 4.74 Å². The molecule has 1 fully saturated rings. The van der Waals surface area contributed by atoms with E-state index in [0.29, 0.717) is 42.3 Å². The highest BCUT2D eigenvalue weighted by atomic mass is 32.2. The highest BCUT2D eigenvalue weighted by molar-refractivity contribution is 7.90. The number of carbonyl (C=O) groups is 1. The van der Waals surface area contributed by atoms with Gasteiger partial charge in [-0.3, -0.25) is 14.7 Å². The number of para-hydroxylation sites is 1. The van der Waals surface area contributed by atoms with Gasteiger partial charge in [-0.1, -0.05) is 56.3 Å². The van der Waals surface area contributed by atoms with Gasteiger partial charge in [0.25, 0.3) is 5.91 Å². The number of fused-ring (bicyclic) bond motifs is 1. The number of amides is 1. The molecule has 0 aliphatic carbocycles. The minimum Gasteiger partial charge on any atom is -0.493 e. The lowest BCUT2D eigenvalue weighted by Gasteiger charge is -2.34. The van der Waals surface area contributed by atoms with E-state index in [1.165, 1.54) is 5.56 Å². The zero-order valence-corrected chi connectivity index (χ0v) is 23.8. The molecule has 0 atom stereocenters. The summed E-state index contributed by atoms with van der Waals surface area (Å²) in [6, 6.07) is 24.0. The zero-order valence-electron chi connectivity index (χ0n) is 23.0. The Hall–Kier alpha value is -3.75. The summed E-state index contributed by atoms with van der Waals surface area (Å²) in [6.07, 6.45) is 1.60. The van der Waals surface area contributed by atoms with E-state index < -0.39 is 9.84 Å². The molecule has 1 saturated heterocycles. The molecule has 1 aliphatic heterocycles. The Morgan fingerprint density at radius 3 is 2.38 bits per heavy atom. The molecule has 0 N–H and O–H groups in total. The number of hydrogen-bond acceptors (Lipinski definition) is 6. The molecular formula is C32H35N3O4S. The van der Waals surface area contributed by atoms with E-state index in [2.05, 4.69) is 35.9 Å². The lowest BCUT2D eigenvalue weighted by atomic mass is 10.1. The number of carbonyl (C=O) groups excluding carboxylic acids is 1. The Labute approximate surface area is 236 Å². The molecule has 40 heavy (non-hydrogen) atoms. The molecular weight excluding hydrogens is 522 g/mol. The first kappa shape index (κ1) is 27.8. The molecule has 3 aromatic carbocycles. The number of ether oxygens (including phenoxy) is 1. The first-order valence-corrected chi connectivity index (χ1v) is 15.3. The van der Waals surface area contributed by atoms with Crippen LogP contribution in [0, 0.1) is 5.92 Å². The Bertz CT molecular complexity index is 1570. The maximum absolute atomic E-state index is 13.2.